The highest BCUT2D eigenvalue weighted by atomic mass is 35.5. The van der Waals surface area contributed by atoms with Crippen LogP contribution in [0.15, 0.2) is 42.6 Å². The molecule has 24 heavy (non-hydrogen) atoms. The molecule has 2 aromatic rings. The van der Waals surface area contributed by atoms with Crippen molar-refractivity contribution in [1.82, 2.24) is 14.8 Å². The zero-order valence-electron chi connectivity index (χ0n) is 14.2. The molecule has 0 spiro atoms. The van der Waals surface area contributed by atoms with Gasteiger partial charge in [0.15, 0.2) is 0 Å². The molecule has 4 nitrogen and oxygen atoms in total. The Labute approximate surface area is 149 Å². The van der Waals surface area contributed by atoms with E-state index in [1.54, 1.807) is 0 Å². The van der Waals surface area contributed by atoms with Gasteiger partial charge in [0, 0.05) is 56.7 Å². The number of nitrogens with zero attached hydrogens (tertiary/aromatic N) is 3. The monoisotopic (exact) mass is 344 g/mol. The zero-order chi connectivity index (χ0) is 16.8. The average molecular weight is 345 g/mol. The lowest BCUT2D eigenvalue weighted by atomic mass is 10.1. The van der Waals surface area contributed by atoms with Gasteiger partial charge in [0.2, 0.25) is 0 Å². The van der Waals surface area contributed by atoms with E-state index >= 15 is 0 Å². The third-order valence-corrected chi connectivity index (χ3v) is 4.79. The van der Waals surface area contributed by atoms with Crippen LogP contribution < -0.4 is 5.32 Å². The number of hydrogen-bond acceptors (Lipinski definition) is 4. The summed E-state index contributed by atoms with van der Waals surface area (Å²) in [6.45, 7) is 9.57. The summed E-state index contributed by atoms with van der Waals surface area (Å²) in [6.07, 6.45) is 1.90. The molecule has 0 amide bonds. The molecule has 0 atom stereocenters. The molecule has 1 aliphatic heterocycles. The lowest BCUT2D eigenvalue weighted by molar-refractivity contribution is 0.132. The number of likely N-dealkylation sites (N-methyl/N-ethyl adjacent to an activating group) is 1. The van der Waals surface area contributed by atoms with E-state index in [2.05, 4.69) is 51.3 Å². The summed E-state index contributed by atoms with van der Waals surface area (Å²) in [4.78, 5) is 9.26. The number of anilines is 1. The van der Waals surface area contributed by atoms with Gasteiger partial charge in [0.25, 0.3) is 0 Å². The van der Waals surface area contributed by atoms with Gasteiger partial charge in [-0.15, -0.1) is 0 Å². The number of piperazine rings is 1. The van der Waals surface area contributed by atoms with Crippen LogP contribution in [0.5, 0.6) is 0 Å². The van der Waals surface area contributed by atoms with E-state index in [1.807, 2.05) is 18.3 Å². The minimum atomic E-state index is 0.533. The Morgan fingerprint density at radius 2 is 1.79 bits per heavy atom. The maximum Gasteiger partial charge on any atom is 0.131 e. The van der Waals surface area contributed by atoms with Gasteiger partial charge >= 0.3 is 0 Å². The lowest BCUT2D eigenvalue weighted by Crippen LogP contribution is -2.45. The first kappa shape index (κ1) is 17.2. The van der Waals surface area contributed by atoms with Crippen LogP contribution in [-0.4, -0.2) is 47.5 Å². The van der Waals surface area contributed by atoms with E-state index in [9.17, 15) is 0 Å². The van der Waals surface area contributed by atoms with Gasteiger partial charge in [-0.2, -0.15) is 0 Å². The normalized spacial score (nSPS) is 16.2. The molecule has 1 aromatic heterocycles. The van der Waals surface area contributed by atoms with Crippen LogP contribution in [0, 0.1) is 0 Å². The first-order valence-electron chi connectivity index (χ1n) is 8.61. The molecule has 0 aliphatic carbocycles. The molecular formula is C19H25ClN4. The van der Waals surface area contributed by atoms with Crippen molar-refractivity contribution in [1.29, 1.82) is 0 Å². The van der Waals surface area contributed by atoms with Crippen molar-refractivity contribution < 1.29 is 0 Å². The zero-order valence-corrected chi connectivity index (χ0v) is 15.0. The van der Waals surface area contributed by atoms with Crippen LogP contribution in [0.4, 0.5) is 5.69 Å². The second-order valence-corrected chi connectivity index (χ2v) is 6.60. The number of rotatable bonds is 6. The van der Waals surface area contributed by atoms with Crippen molar-refractivity contribution in [3.63, 3.8) is 0 Å². The van der Waals surface area contributed by atoms with E-state index in [0.717, 1.165) is 51.5 Å². The number of benzene rings is 1. The maximum absolute atomic E-state index is 6.11. The summed E-state index contributed by atoms with van der Waals surface area (Å²) < 4.78 is 0. The molecule has 1 aromatic carbocycles. The minimum absolute atomic E-state index is 0.533. The fraction of sp³-hybridized carbons (Fsp3) is 0.421. The topological polar surface area (TPSA) is 31.4 Å². The molecule has 0 radical (unpaired) electrons. The number of aromatic nitrogens is 1. The number of pyridine rings is 1. The predicted octanol–water partition coefficient (Wildman–Crippen LogP) is 3.48. The molecule has 1 N–H and O–H groups in total. The number of halogens is 1. The molecule has 1 saturated heterocycles. The third-order valence-electron chi connectivity index (χ3n) is 4.58. The van der Waals surface area contributed by atoms with Gasteiger partial charge in [-0.3, -0.25) is 4.90 Å². The highest BCUT2D eigenvalue weighted by Crippen LogP contribution is 2.22. The van der Waals surface area contributed by atoms with Crippen LogP contribution in [-0.2, 0) is 13.1 Å². The molecule has 1 fully saturated rings. The van der Waals surface area contributed by atoms with Crippen molar-refractivity contribution >= 4 is 17.3 Å². The van der Waals surface area contributed by atoms with E-state index in [-0.39, 0.29) is 0 Å². The van der Waals surface area contributed by atoms with Crippen LogP contribution in [0.25, 0.3) is 0 Å². The lowest BCUT2D eigenvalue weighted by Gasteiger charge is -2.34. The van der Waals surface area contributed by atoms with Gasteiger partial charge < -0.3 is 10.2 Å². The minimum Gasteiger partial charge on any atom is -0.381 e. The Morgan fingerprint density at radius 3 is 2.50 bits per heavy atom. The molecule has 3 rings (SSSR count). The summed E-state index contributed by atoms with van der Waals surface area (Å²) in [5, 5.41) is 4.05. The first-order valence-corrected chi connectivity index (χ1v) is 8.99. The summed E-state index contributed by atoms with van der Waals surface area (Å²) in [6, 6.07) is 12.3. The Hall–Kier alpha value is -1.62. The van der Waals surface area contributed by atoms with Gasteiger partial charge in [-0.25, -0.2) is 4.98 Å². The highest BCUT2D eigenvalue weighted by molar-refractivity contribution is 6.29. The van der Waals surface area contributed by atoms with Crippen molar-refractivity contribution in [2.75, 3.05) is 38.0 Å². The van der Waals surface area contributed by atoms with E-state index in [0.29, 0.717) is 5.15 Å². The second-order valence-electron chi connectivity index (χ2n) is 6.21. The quantitative estimate of drug-likeness (QED) is 0.813. The van der Waals surface area contributed by atoms with Crippen LogP contribution in [0.3, 0.4) is 0 Å². The summed E-state index contributed by atoms with van der Waals surface area (Å²) in [5.41, 5.74) is 3.55. The molecule has 0 saturated carbocycles. The van der Waals surface area contributed by atoms with Gasteiger partial charge in [0.1, 0.15) is 5.15 Å². The largest absolute Gasteiger partial charge is 0.381 e. The summed E-state index contributed by atoms with van der Waals surface area (Å²) >= 11 is 6.11. The highest BCUT2D eigenvalue weighted by Gasteiger charge is 2.17. The van der Waals surface area contributed by atoms with Crippen molar-refractivity contribution in [3.8, 4) is 0 Å². The van der Waals surface area contributed by atoms with E-state index in [4.69, 9.17) is 11.6 Å². The molecule has 128 valence electrons. The predicted molar refractivity (Wildman–Crippen MR) is 100 cm³/mol. The fourth-order valence-electron chi connectivity index (χ4n) is 3.05. The van der Waals surface area contributed by atoms with Gasteiger partial charge in [-0.05, 0) is 18.2 Å². The summed E-state index contributed by atoms with van der Waals surface area (Å²) in [7, 11) is 0. The molecule has 0 bridgehead atoms. The van der Waals surface area contributed by atoms with Crippen molar-refractivity contribution in [2.24, 2.45) is 0 Å². The van der Waals surface area contributed by atoms with Crippen molar-refractivity contribution in [2.45, 2.75) is 20.0 Å². The maximum atomic E-state index is 6.11. The van der Waals surface area contributed by atoms with Gasteiger partial charge in [-0.1, -0.05) is 48.9 Å². The van der Waals surface area contributed by atoms with E-state index < -0.39 is 0 Å². The van der Waals surface area contributed by atoms with Crippen LogP contribution >= 0.6 is 11.6 Å². The van der Waals surface area contributed by atoms with Crippen LogP contribution in [0.2, 0.25) is 5.15 Å². The smallest absolute Gasteiger partial charge is 0.131 e. The van der Waals surface area contributed by atoms with Crippen molar-refractivity contribution in [3.05, 3.63) is 58.9 Å². The number of hydrogen-bond donors (Lipinski definition) is 1. The number of nitrogens with one attached hydrogen (secondary N) is 1. The van der Waals surface area contributed by atoms with E-state index in [1.165, 1.54) is 11.1 Å². The SMILES string of the molecule is CCN1CCN(Cc2cnc(Cl)cc2NCc2ccccc2)CC1. The standard InChI is InChI=1S/C19H25ClN4/c1-2-23-8-10-24(11-9-23)15-17-14-22-19(20)12-18(17)21-13-16-6-4-3-5-7-16/h3-7,12,14H,2,8-11,13,15H2,1H3,(H,21,22). The first-order chi connectivity index (χ1) is 11.7. The third kappa shape index (κ3) is 4.69. The summed E-state index contributed by atoms with van der Waals surface area (Å²) in [5.74, 6) is 0. The molecule has 5 heteroatoms. The Morgan fingerprint density at radius 1 is 1.08 bits per heavy atom. The van der Waals surface area contributed by atoms with Gasteiger partial charge in [0.05, 0.1) is 0 Å². The Bertz CT molecular complexity index is 639. The molecule has 2 heterocycles. The molecular weight excluding hydrogens is 320 g/mol. The second kappa shape index (κ2) is 8.47. The molecule has 1 aliphatic rings. The Kier molecular flexibility index (Phi) is 6.07. The average Bonchev–Trinajstić information content (AvgIpc) is 2.63. The Balaban J connectivity index is 1.65. The van der Waals surface area contributed by atoms with Crippen LogP contribution in [0.1, 0.15) is 18.1 Å². The fourth-order valence-corrected chi connectivity index (χ4v) is 3.20. The molecule has 0 unspecified atom stereocenters.